The zero-order chi connectivity index (χ0) is 24.6. The van der Waals surface area contributed by atoms with E-state index in [1.165, 1.54) is 6.07 Å². The molecule has 8 heteroatoms. The summed E-state index contributed by atoms with van der Waals surface area (Å²) in [5, 5.41) is 10.6. The summed E-state index contributed by atoms with van der Waals surface area (Å²) in [7, 11) is -0.0629. The molecular formula is C26H28N2O5Si. The maximum atomic E-state index is 13.1. The number of hydrogen-bond acceptors (Lipinski definition) is 7. The molecule has 4 N–H and O–H groups in total. The molecule has 1 aliphatic carbocycles. The van der Waals surface area contributed by atoms with E-state index in [0.29, 0.717) is 5.75 Å². The van der Waals surface area contributed by atoms with E-state index in [-0.39, 0.29) is 39.4 Å². The van der Waals surface area contributed by atoms with Crippen LogP contribution in [-0.4, -0.2) is 43.4 Å². The molecule has 3 aromatic carbocycles. The van der Waals surface area contributed by atoms with Crippen LogP contribution in [0.5, 0.6) is 17.2 Å². The molecule has 0 spiro atoms. The molecule has 0 saturated heterocycles. The lowest BCUT2D eigenvalue weighted by atomic mass is 9.82. The number of fused-ring (bicyclic) bond motifs is 2. The summed E-state index contributed by atoms with van der Waals surface area (Å²) in [6.07, 6.45) is 0.908. The predicted molar refractivity (Wildman–Crippen MR) is 135 cm³/mol. The fourth-order valence-electron chi connectivity index (χ4n) is 4.13. The molecule has 3 aromatic rings. The van der Waals surface area contributed by atoms with Gasteiger partial charge in [-0.3, -0.25) is 9.59 Å². The van der Waals surface area contributed by atoms with Crippen LogP contribution < -0.4 is 15.4 Å². The molecule has 1 aliphatic rings. The Morgan fingerprint density at radius 3 is 2.15 bits per heavy atom. The lowest BCUT2D eigenvalue weighted by Crippen LogP contribution is -2.27. The van der Waals surface area contributed by atoms with Crippen molar-refractivity contribution in [1.29, 1.82) is 0 Å². The van der Waals surface area contributed by atoms with Crippen LogP contribution in [-0.2, 0) is 0 Å². The van der Waals surface area contributed by atoms with Crippen LogP contribution in [0.1, 0.15) is 38.3 Å². The average Bonchev–Trinajstić information content (AvgIpc) is 2.79. The Kier molecular flexibility index (Phi) is 6.20. The van der Waals surface area contributed by atoms with Gasteiger partial charge in [-0.15, -0.1) is 0 Å². The number of carbonyl (C=O) groups is 2. The third kappa shape index (κ3) is 4.55. The molecule has 7 nitrogen and oxygen atoms in total. The summed E-state index contributed by atoms with van der Waals surface area (Å²) in [6.45, 7) is 4.69. The molecule has 0 radical (unpaired) electrons. The fraction of sp³-hybridized carbons (Fsp3) is 0.231. The van der Waals surface area contributed by atoms with Gasteiger partial charge in [0.15, 0.2) is 25.6 Å². The predicted octanol–water partition coefficient (Wildman–Crippen LogP) is 4.57. The van der Waals surface area contributed by atoms with Crippen LogP contribution in [0.2, 0.25) is 19.1 Å². The number of benzene rings is 3. The van der Waals surface area contributed by atoms with E-state index in [9.17, 15) is 19.5 Å². The minimum atomic E-state index is -2.05. The first kappa shape index (κ1) is 23.5. The Hall–Kier alpha value is -3.62. The quantitative estimate of drug-likeness (QED) is 0.203. The van der Waals surface area contributed by atoms with Crippen molar-refractivity contribution in [3.8, 4) is 17.2 Å². The van der Waals surface area contributed by atoms with Gasteiger partial charge in [-0.25, -0.2) is 0 Å². The first-order valence-electron chi connectivity index (χ1n) is 11.1. The SMILES string of the molecule is CN(CCC[Si](C)(C)O)c1ccc(Oc2cc(O)c3c(c2N)C(=O)c2ccccc2C3=O)cc1. The van der Waals surface area contributed by atoms with E-state index >= 15 is 0 Å². The van der Waals surface area contributed by atoms with Crippen LogP contribution in [0, 0.1) is 0 Å². The van der Waals surface area contributed by atoms with E-state index in [0.717, 1.165) is 24.7 Å². The minimum absolute atomic E-state index is 0.0117. The van der Waals surface area contributed by atoms with Crippen molar-refractivity contribution in [2.75, 3.05) is 24.2 Å². The van der Waals surface area contributed by atoms with Crippen molar-refractivity contribution >= 4 is 31.3 Å². The molecular weight excluding hydrogens is 448 g/mol. The van der Waals surface area contributed by atoms with Gasteiger partial charge < -0.3 is 25.3 Å². The highest BCUT2D eigenvalue weighted by atomic mass is 28.4. The van der Waals surface area contributed by atoms with Crippen molar-refractivity contribution < 1.29 is 24.2 Å². The number of carbonyl (C=O) groups excluding carboxylic acids is 2. The largest absolute Gasteiger partial charge is 0.507 e. The minimum Gasteiger partial charge on any atom is -0.507 e. The van der Waals surface area contributed by atoms with Crippen molar-refractivity contribution in [2.24, 2.45) is 0 Å². The van der Waals surface area contributed by atoms with Crippen LogP contribution >= 0.6 is 0 Å². The van der Waals surface area contributed by atoms with Crippen molar-refractivity contribution in [3.63, 3.8) is 0 Å². The topological polar surface area (TPSA) is 113 Å². The third-order valence-electron chi connectivity index (χ3n) is 5.97. The number of ketones is 2. The summed E-state index contributed by atoms with van der Waals surface area (Å²) in [6, 6.07) is 15.9. The third-order valence-corrected chi connectivity index (χ3v) is 7.54. The highest BCUT2D eigenvalue weighted by molar-refractivity contribution is 6.69. The molecule has 0 heterocycles. The number of nitrogen functional groups attached to an aromatic ring is 1. The molecule has 0 amide bonds. The van der Waals surface area contributed by atoms with Gasteiger partial charge in [-0.1, -0.05) is 24.3 Å². The summed E-state index contributed by atoms with van der Waals surface area (Å²) in [4.78, 5) is 38.1. The molecule has 176 valence electrons. The monoisotopic (exact) mass is 476 g/mol. The number of phenols is 1. The van der Waals surface area contributed by atoms with Gasteiger partial charge in [0.1, 0.15) is 11.5 Å². The Morgan fingerprint density at radius 2 is 1.56 bits per heavy atom. The molecule has 0 aromatic heterocycles. The molecule has 0 saturated carbocycles. The van der Waals surface area contributed by atoms with Gasteiger partial charge in [0.05, 0.1) is 16.8 Å². The summed E-state index contributed by atoms with van der Waals surface area (Å²) in [5.41, 5.74) is 7.63. The van der Waals surface area contributed by atoms with E-state index in [2.05, 4.69) is 4.90 Å². The van der Waals surface area contributed by atoms with Gasteiger partial charge in [0, 0.05) is 36.5 Å². The second-order valence-corrected chi connectivity index (χ2v) is 13.3. The molecule has 0 fully saturated rings. The van der Waals surface area contributed by atoms with Crippen molar-refractivity contribution in [3.05, 3.63) is 76.9 Å². The number of phenolic OH excluding ortho intramolecular Hbond substituents is 1. The lowest BCUT2D eigenvalue weighted by molar-refractivity contribution is 0.0977. The second kappa shape index (κ2) is 8.96. The maximum absolute atomic E-state index is 13.1. The number of ether oxygens (including phenoxy) is 1. The summed E-state index contributed by atoms with van der Waals surface area (Å²) >= 11 is 0. The first-order valence-corrected chi connectivity index (χ1v) is 14.3. The second-order valence-electron chi connectivity index (χ2n) is 9.19. The summed E-state index contributed by atoms with van der Waals surface area (Å²) < 4.78 is 5.89. The normalized spacial score (nSPS) is 12.8. The number of hydrogen-bond donors (Lipinski definition) is 3. The molecule has 0 bridgehead atoms. The molecule has 4 rings (SSSR count). The standard InChI is InChI=1S/C26H28N2O5Si/c1-28(13-6-14-34(2,3)32)16-9-11-17(12-10-16)33-21-15-20(29)22-23(24(21)27)26(31)19-8-5-4-7-18(19)25(22)30/h4-5,7-12,15,29,32H,6,13-14,27H2,1-3H3. The number of aromatic hydroxyl groups is 1. The van der Waals surface area contributed by atoms with E-state index in [1.54, 1.807) is 36.4 Å². The number of nitrogens with two attached hydrogens (primary N) is 1. The smallest absolute Gasteiger partial charge is 0.198 e. The molecule has 0 aliphatic heterocycles. The van der Waals surface area contributed by atoms with E-state index in [1.807, 2.05) is 32.3 Å². The number of anilines is 2. The Bertz CT molecular complexity index is 1270. The highest BCUT2D eigenvalue weighted by Crippen LogP contribution is 2.42. The van der Waals surface area contributed by atoms with Gasteiger partial charge in [-0.2, -0.15) is 0 Å². The highest BCUT2D eigenvalue weighted by Gasteiger charge is 2.35. The van der Waals surface area contributed by atoms with Crippen LogP contribution in [0.25, 0.3) is 0 Å². The summed E-state index contributed by atoms with van der Waals surface area (Å²) in [5.74, 6) is -0.635. The van der Waals surface area contributed by atoms with Crippen LogP contribution in [0.15, 0.2) is 54.6 Å². The Balaban J connectivity index is 1.56. The van der Waals surface area contributed by atoms with Crippen LogP contribution in [0.4, 0.5) is 11.4 Å². The molecule has 34 heavy (non-hydrogen) atoms. The Morgan fingerprint density at radius 1 is 0.971 bits per heavy atom. The fourth-order valence-corrected chi connectivity index (χ4v) is 5.16. The lowest BCUT2D eigenvalue weighted by Gasteiger charge is -2.22. The van der Waals surface area contributed by atoms with Crippen molar-refractivity contribution in [1.82, 2.24) is 0 Å². The van der Waals surface area contributed by atoms with Gasteiger partial charge >= 0.3 is 0 Å². The van der Waals surface area contributed by atoms with Gasteiger partial charge in [0.25, 0.3) is 0 Å². The average molecular weight is 477 g/mol. The number of nitrogens with zero attached hydrogens (tertiary/aromatic N) is 1. The number of rotatable bonds is 7. The van der Waals surface area contributed by atoms with Gasteiger partial charge in [0.2, 0.25) is 0 Å². The van der Waals surface area contributed by atoms with E-state index in [4.69, 9.17) is 10.5 Å². The Labute approximate surface area is 199 Å². The van der Waals surface area contributed by atoms with Gasteiger partial charge in [-0.05, 0) is 49.8 Å². The van der Waals surface area contributed by atoms with Crippen LogP contribution in [0.3, 0.4) is 0 Å². The van der Waals surface area contributed by atoms with Crippen molar-refractivity contribution in [2.45, 2.75) is 25.6 Å². The molecule has 0 unspecified atom stereocenters. The molecule has 0 atom stereocenters. The maximum Gasteiger partial charge on any atom is 0.198 e. The van der Waals surface area contributed by atoms with E-state index < -0.39 is 19.9 Å². The first-order chi connectivity index (χ1) is 16.1. The zero-order valence-electron chi connectivity index (χ0n) is 19.5. The zero-order valence-corrected chi connectivity index (χ0v) is 20.5.